The Morgan fingerprint density at radius 1 is 1.38 bits per heavy atom. The van der Waals surface area contributed by atoms with Crippen molar-refractivity contribution in [2.45, 2.75) is 26.7 Å². The Bertz CT molecular complexity index is 560. The summed E-state index contributed by atoms with van der Waals surface area (Å²) >= 11 is 0. The molecular weight excluding hydrogens is 286 g/mol. The smallest absolute Gasteiger partial charge is 0.301 e. The largest absolute Gasteiger partial charge is 0.317 e. The van der Waals surface area contributed by atoms with Crippen LogP contribution in [0, 0.1) is 12.8 Å². The zero-order chi connectivity index (χ0) is 15.3. The van der Waals surface area contributed by atoms with Crippen LogP contribution in [0.1, 0.15) is 25.3 Å². The Labute approximate surface area is 127 Å². The highest BCUT2D eigenvalue weighted by atomic mass is 32.2. The molecule has 1 aliphatic heterocycles. The zero-order valence-electron chi connectivity index (χ0n) is 12.8. The van der Waals surface area contributed by atoms with Crippen molar-refractivity contribution in [2.75, 3.05) is 30.9 Å². The molecule has 0 amide bonds. The molecule has 1 aromatic carbocycles. The van der Waals surface area contributed by atoms with E-state index in [1.54, 1.807) is 10.4 Å². The van der Waals surface area contributed by atoms with E-state index in [0.29, 0.717) is 24.7 Å². The molecule has 6 heteroatoms. The second kappa shape index (κ2) is 7.24. The van der Waals surface area contributed by atoms with Crippen LogP contribution in [0.3, 0.4) is 0 Å². The van der Waals surface area contributed by atoms with E-state index in [1.807, 2.05) is 25.1 Å². The van der Waals surface area contributed by atoms with E-state index in [0.717, 1.165) is 31.5 Å². The van der Waals surface area contributed by atoms with Crippen molar-refractivity contribution in [3.05, 3.63) is 29.8 Å². The van der Waals surface area contributed by atoms with Gasteiger partial charge in [-0.2, -0.15) is 12.7 Å². The predicted molar refractivity (Wildman–Crippen MR) is 86.6 cm³/mol. The Hall–Kier alpha value is -1.11. The molecule has 1 heterocycles. The lowest BCUT2D eigenvalue weighted by Crippen LogP contribution is -2.45. The van der Waals surface area contributed by atoms with Crippen LogP contribution in [0.4, 0.5) is 5.69 Å². The second-order valence-electron chi connectivity index (χ2n) is 5.65. The average molecular weight is 311 g/mol. The minimum Gasteiger partial charge on any atom is -0.317 e. The van der Waals surface area contributed by atoms with Crippen molar-refractivity contribution in [2.24, 2.45) is 5.92 Å². The van der Waals surface area contributed by atoms with E-state index in [4.69, 9.17) is 0 Å². The van der Waals surface area contributed by atoms with Gasteiger partial charge >= 0.3 is 10.2 Å². The fourth-order valence-electron chi connectivity index (χ4n) is 2.68. The van der Waals surface area contributed by atoms with Gasteiger partial charge in [0.1, 0.15) is 0 Å². The topological polar surface area (TPSA) is 61.4 Å². The lowest BCUT2D eigenvalue weighted by molar-refractivity contribution is 0.262. The molecule has 2 rings (SSSR count). The molecular formula is C15H25N3O2S. The Morgan fingerprint density at radius 3 is 2.90 bits per heavy atom. The van der Waals surface area contributed by atoms with E-state index < -0.39 is 10.2 Å². The van der Waals surface area contributed by atoms with Crippen LogP contribution in [0.2, 0.25) is 0 Å². The molecule has 0 aliphatic carbocycles. The normalized spacial score (nSPS) is 20.4. The van der Waals surface area contributed by atoms with Crippen molar-refractivity contribution < 1.29 is 8.42 Å². The minimum atomic E-state index is -3.46. The maximum absolute atomic E-state index is 12.5. The summed E-state index contributed by atoms with van der Waals surface area (Å²) in [5.41, 5.74) is 1.67. The molecule has 0 aromatic heterocycles. The van der Waals surface area contributed by atoms with Crippen LogP contribution >= 0.6 is 0 Å². The summed E-state index contributed by atoms with van der Waals surface area (Å²) in [6, 6.07) is 7.44. The van der Waals surface area contributed by atoms with E-state index in [-0.39, 0.29) is 0 Å². The van der Waals surface area contributed by atoms with Gasteiger partial charge in [-0.3, -0.25) is 4.72 Å². The van der Waals surface area contributed by atoms with Crippen LogP contribution in [-0.4, -0.2) is 38.9 Å². The molecule has 2 N–H and O–H groups in total. The third-order valence-corrected chi connectivity index (χ3v) is 5.27. The quantitative estimate of drug-likeness (QED) is 0.844. The minimum absolute atomic E-state index is 0.396. The van der Waals surface area contributed by atoms with Crippen LogP contribution in [0.15, 0.2) is 24.3 Å². The highest BCUT2D eigenvalue weighted by Crippen LogP contribution is 2.20. The summed E-state index contributed by atoms with van der Waals surface area (Å²) in [4.78, 5) is 0. The van der Waals surface area contributed by atoms with Crippen LogP contribution in [0.5, 0.6) is 0 Å². The third-order valence-electron chi connectivity index (χ3n) is 3.77. The first-order valence-corrected chi connectivity index (χ1v) is 9.00. The first-order chi connectivity index (χ1) is 10.0. The SMILES string of the molecule is CCNCC1CCCN(S(=O)(=O)Nc2cccc(C)c2)C1. The van der Waals surface area contributed by atoms with Gasteiger partial charge < -0.3 is 5.32 Å². The van der Waals surface area contributed by atoms with Gasteiger partial charge in [0.15, 0.2) is 0 Å². The number of hydrogen-bond donors (Lipinski definition) is 2. The molecule has 1 saturated heterocycles. The number of nitrogens with zero attached hydrogens (tertiary/aromatic N) is 1. The molecule has 0 radical (unpaired) electrons. The van der Waals surface area contributed by atoms with Crippen molar-refractivity contribution in [1.82, 2.24) is 9.62 Å². The Kier molecular flexibility index (Phi) is 5.61. The van der Waals surface area contributed by atoms with E-state index in [9.17, 15) is 8.42 Å². The van der Waals surface area contributed by atoms with Gasteiger partial charge in [0.25, 0.3) is 0 Å². The predicted octanol–water partition coefficient (Wildman–Crippen LogP) is 1.97. The molecule has 1 fully saturated rings. The summed E-state index contributed by atoms with van der Waals surface area (Å²) < 4.78 is 29.2. The lowest BCUT2D eigenvalue weighted by Gasteiger charge is -2.32. The van der Waals surface area contributed by atoms with Gasteiger partial charge in [0.05, 0.1) is 5.69 Å². The first-order valence-electron chi connectivity index (χ1n) is 7.56. The highest BCUT2D eigenvalue weighted by Gasteiger charge is 2.28. The Morgan fingerprint density at radius 2 is 2.19 bits per heavy atom. The standard InChI is InChI=1S/C15H25N3O2S/c1-3-16-11-14-7-5-9-18(12-14)21(19,20)17-15-8-4-6-13(2)10-15/h4,6,8,10,14,16-17H,3,5,7,9,11-12H2,1-2H3. The molecule has 0 spiro atoms. The fourth-order valence-corrected chi connectivity index (χ4v) is 4.01. The fraction of sp³-hybridized carbons (Fsp3) is 0.600. The number of aryl methyl sites for hydroxylation is 1. The molecule has 1 aromatic rings. The molecule has 0 saturated carbocycles. The molecule has 5 nitrogen and oxygen atoms in total. The first kappa shape index (κ1) is 16.3. The van der Waals surface area contributed by atoms with Gasteiger partial charge in [-0.1, -0.05) is 19.1 Å². The number of benzene rings is 1. The van der Waals surface area contributed by atoms with Gasteiger partial charge in [-0.25, -0.2) is 0 Å². The molecule has 1 unspecified atom stereocenters. The maximum Gasteiger partial charge on any atom is 0.301 e. The van der Waals surface area contributed by atoms with Crippen LogP contribution in [-0.2, 0) is 10.2 Å². The molecule has 118 valence electrons. The Balaban J connectivity index is 2.01. The molecule has 1 atom stereocenters. The van der Waals surface area contributed by atoms with E-state index in [1.165, 1.54) is 0 Å². The van der Waals surface area contributed by atoms with Crippen LogP contribution < -0.4 is 10.0 Å². The van der Waals surface area contributed by atoms with Crippen molar-refractivity contribution in [1.29, 1.82) is 0 Å². The van der Waals surface area contributed by atoms with Gasteiger partial charge in [0.2, 0.25) is 0 Å². The number of rotatable bonds is 6. The maximum atomic E-state index is 12.5. The number of hydrogen-bond acceptors (Lipinski definition) is 3. The zero-order valence-corrected chi connectivity index (χ0v) is 13.6. The number of anilines is 1. The second-order valence-corrected chi connectivity index (χ2v) is 7.32. The molecule has 1 aliphatic rings. The van der Waals surface area contributed by atoms with E-state index >= 15 is 0 Å². The van der Waals surface area contributed by atoms with Gasteiger partial charge in [-0.05, 0) is 56.5 Å². The van der Waals surface area contributed by atoms with Gasteiger partial charge in [0, 0.05) is 13.1 Å². The van der Waals surface area contributed by atoms with E-state index in [2.05, 4.69) is 17.0 Å². The third kappa shape index (κ3) is 4.69. The monoisotopic (exact) mass is 311 g/mol. The summed E-state index contributed by atoms with van der Waals surface area (Å²) in [5.74, 6) is 0.396. The van der Waals surface area contributed by atoms with Crippen molar-refractivity contribution in [3.8, 4) is 0 Å². The number of piperidine rings is 1. The summed E-state index contributed by atoms with van der Waals surface area (Å²) in [7, 11) is -3.46. The average Bonchev–Trinajstić information content (AvgIpc) is 2.45. The summed E-state index contributed by atoms with van der Waals surface area (Å²) in [5, 5.41) is 3.31. The summed E-state index contributed by atoms with van der Waals surface area (Å²) in [6.45, 7) is 7.01. The van der Waals surface area contributed by atoms with Crippen molar-refractivity contribution >= 4 is 15.9 Å². The molecule has 0 bridgehead atoms. The molecule has 21 heavy (non-hydrogen) atoms. The van der Waals surface area contributed by atoms with Gasteiger partial charge in [-0.15, -0.1) is 0 Å². The van der Waals surface area contributed by atoms with Crippen LogP contribution in [0.25, 0.3) is 0 Å². The van der Waals surface area contributed by atoms with Crippen molar-refractivity contribution in [3.63, 3.8) is 0 Å². The summed E-state index contributed by atoms with van der Waals surface area (Å²) in [6.07, 6.45) is 2.01. The highest BCUT2D eigenvalue weighted by molar-refractivity contribution is 7.90. The number of nitrogens with one attached hydrogen (secondary N) is 2. The lowest BCUT2D eigenvalue weighted by atomic mass is 10.00.